The first kappa shape index (κ1) is 14.6. The number of carbonyl (C=O) groups excluding carboxylic acids is 2. The molecule has 1 unspecified atom stereocenters. The lowest BCUT2D eigenvalue weighted by Gasteiger charge is -2.13. The van der Waals surface area contributed by atoms with Crippen molar-refractivity contribution in [2.45, 2.75) is 19.9 Å². The second-order valence-electron chi connectivity index (χ2n) is 3.93. The monoisotopic (exact) mass is 266 g/mol. The minimum atomic E-state index is -0.800. The summed E-state index contributed by atoms with van der Waals surface area (Å²) in [6.45, 7) is 2.95. The lowest BCUT2D eigenvalue weighted by atomic mass is 10.1. The van der Waals surface area contributed by atoms with E-state index in [1.807, 2.05) is 0 Å². The lowest BCUT2D eigenvalue weighted by Crippen LogP contribution is -2.24. The zero-order chi connectivity index (χ0) is 14.6. The van der Waals surface area contributed by atoms with Gasteiger partial charge >= 0.3 is 11.7 Å². The predicted molar refractivity (Wildman–Crippen MR) is 68.2 cm³/mol. The second kappa shape index (κ2) is 5.94. The van der Waals surface area contributed by atoms with Crippen LogP contribution in [0.15, 0.2) is 18.2 Å². The Morgan fingerprint density at radius 3 is 2.53 bits per heavy atom. The number of ether oxygens (including phenoxy) is 1. The number of hydrogen-bond acceptors (Lipinski definition) is 6. The quantitative estimate of drug-likeness (QED) is 0.495. The molecule has 1 aromatic rings. The molecule has 1 atom stereocenters. The van der Waals surface area contributed by atoms with Crippen LogP contribution in [-0.2, 0) is 9.53 Å². The number of nitro benzene ring substituents is 1. The standard InChI is InChI=1S/C12H14N2O5/c1-7(8(2)15)13-10-6-4-5-9(12(16)19-3)11(10)14(17)18/h4-7,13H,1-3H3. The SMILES string of the molecule is COC(=O)c1cccc(NC(C)C(C)=O)c1[N+](=O)[O-]. The molecule has 0 heterocycles. The van der Waals surface area contributed by atoms with E-state index in [0.717, 1.165) is 7.11 Å². The molecular formula is C12H14N2O5. The highest BCUT2D eigenvalue weighted by molar-refractivity contribution is 5.97. The van der Waals surface area contributed by atoms with E-state index in [1.54, 1.807) is 6.92 Å². The predicted octanol–water partition coefficient (Wildman–Crippen LogP) is 1.77. The third-order valence-electron chi connectivity index (χ3n) is 2.61. The van der Waals surface area contributed by atoms with Gasteiger partial charge in [0, 0.05) is 0 Å². The number of nitrogens with zero attached hydrogens (tertiary/aromatic N) is 1. The Morgan fingerprint density at radius 2 is 2.05 bits per heavy atom. The highest BCUT2D eigenvalue weighted by atomic mass is 16.6. The smallest absolute Gasteiger partial charge is 0.344 e. The molecule has 0 spiro atoms. The molecule has 1 aromatic carbocycles. The summed E-state index contributed by atoms with van der Waals surface area (Å²) in [6.07, 6.45) is 0. The van der Waals surface area contributed by atoms with Gasteiger partial charge in [-0.15, -0.1) is 0 Å². The van der Waals surface area contributed by atoms with E-state index < -0.39 is 22.6 Å². The van der Waals surface area contributed by atoms with Gasteiger partial charge < -0.3 is 10.1 Å². The number of esters is 1. The molecule has 0 fully saturated rings. The number of ketones is 1. The summed E-state index contributed by atoms with van der Waals surface area (Å²) in [6, 6.07) is 3.62. The van der Waals surface area contributed by atoms with Gasteiger partial charge in [-0.05, 0) is 26.0 Å². The Morgan fingerprint density at radius 1 is 1.42 bits per heavy atom. The summed E-state index contributed by atoms with van der Waals surface area (Å²) in [4.78, 5) is 33.1. The maximum atomic E-state index is 11.5. The Balaban J connectivity index is 3.28. The summed E-state index contributed by atoms with van der Waals surface area (Å²) < 4.78 is 4.50. The average molecular weight is 266 g/mol. The van der Waals surface area contributed by atoms with Crippen molar-refractivity contribution in [3.05, 3.63) is 33.9 Å². The summed E-state index contributed by atoms with van der Waals surface area (Å²) >= 11 is 0. The number of rotatable bonds is 5. The minimum absolute atomic E-state index is 0.107. The number of para-hydroxylation sites is 1. The first-order chi connectivity index (χ1) is 8.88. The van der Waals surface area contributed by atoms with Gasteiger partial charge in [-0.3, -0.25) is 14.9 Å². The molecule has 0 saturated carbocycles. The maximum Gasteiger partial charge on any atom is 0.344 e. The third-order valence-corrected chi connectivity index (χ3v) is 2.61. The number of benzene rings is 1. The normalized spacial score (nSPS) is 11.5. The van der Waals surface area contributed by atoms with Crippen LogP contribution in [-0.4, -0.2) is 29.8 Å². The second-order valence-corrected chi connectivity index (χ2v) is 3.93. The van der Waals surface area contributed by atoms with Crippen LogP contribution < -0.4 is 5.32 Å². The van der Waals surface area contributed by atoms with Crippen molar-refractivity contribution in [3.8, 4) is 0 Å². The number of carbonyl (C=O) groups is 2. The fourth-order valence-electron chi connectivity index (χ4n) is 1.47. The van der Waals surface area contributed by atoms with Crippen LogP contribution in [0.25, 0.3) is 0 Å². The van der Waals surface area contributed by atoms with Gasteiger partial charge in [0.2, 0.25) is 0 Å². The number of Topliss-reactive ketones (excluding diaryl/α,β-unsaturated/α-hetero) is 1. The van der Waals surface area contributed by atoms with Crippen molar-refractivity contribution in [1.82, 2.24) is 0 Å². The number of nitro groups is 1. The van der Waals surface area contributed by atoms with Gasteiger partial charge in [-0.2, -0.15) is 0 Å². The van der Waals surface area contributed by atoms with Crippen molar-refractivity contribution in [1.29, 1.82) is 0 Å². The molecule has 1 rings (SSSR count). The van der Waals surface area contributed by atoms with Crippen LogP contribution in [0.3, 0.4) is 0 Å². The van der Waals surface area contributed by atoms with Crippen LogP contribution in [0.5, 0.6) is 0 Å². The molecule has 0 saturated heterocycles. The third kappa shape index (κ3) is 3.27. The van der Waals surface area contributed by atoms with Crippen LogP contribution in [0, 0.1) is 10.1 Å². The van der Waals surface area contributed by atoms with E-state index in [-0.39, 0.29) is 17.0 Å². The van der Waals surface area contributed by atoms with E-state index in [2.05, 4.69) is 10.1 Å². The highest BCUT2D eigenvalue weighted by Crippen LogP contribution is 2.29. The van der Waals surface area contributed by atoms with Crippen LogP contribution >= 0.6 is 0 Å². The van der Waals surface area contributed by atoms with Gasteiger partial charge in [-0.25, -0.2) is 4.79 Å². The van der Waals surface area contributed by atoms with Crippen molar-refractivity contribution in [3.63, 3.8) is 0 Å². The van der Waals surface area contributed by atoms with Crippen molar-refractivity contribution >= 4 is 23.1 Å². The molecule has 7 nitrogen and oxygen atoms in total. The van der Waals surface area contributed by atoms with Gasteiger partial charge in [0.25, 0.3) is 0 Å². The van der Waals surface area contributed by atoms with Gasteiger partial charge in [0.05, 0.1) is 18.1 Å². The van der Waals surface area contributed by atoms with Crippen LogP contribution in [0.1, 0.15) is 24.2 Å². The molecule has 0 aliphatic carbocycles. The summed E-state index contributed by atoms with van der Waals surface area (Å²) in [7, 11) is 1.14. The lowest BCUT2D eigenvalue weighted by molar-refractivity contribution is -0.384. The molecule has 0 radical (unpaired) electrons. The van der Waals surface area contributed by atoms with Crippen molar-refractivity contribution < 1.29 is 19.2 Å². The molecular weight excluding hydrogens is 252 g/mol. The Hall–Kier alpha value is -2.44. The van der Waals surface area contributed by atoms with Gasteiger partial charge in [-0.1, -0.05) is 6.07 Å². The summed E-state index contributed by atoms with van der Waals surface area (Å²) in [5.41, 5.74) is -0.452. The molecule has 102 valence electrons. The maximum absolute atomic E-state index is 11.5. The Kier molecular flexibility index (Phi) is 4.57. The van der Waals surface area contributed by atoms with Crippen molar-refractivity contribution in [2.75, 3.05) is 12.4 Å². The molecule has 0 amide bonds. The Bertz CT molecular complexity index is 527. The van der Waals surface area contributed by atoms with E-state index in [0.29, 0.717) is 0 Å². The minimum Gasteiger partial charge on any atom is -0.465 e. The Labute approximate surface area is 109 Å². The number of methoxy groups -OCH3 is 1. The zero-order valence-electron chi connectivity index (χ0n) is 10.8. The van der Waals surface area contributed by atoms with Gasteiger partial charge in [0.15, 0.2) is 5.78 Å². The zero-order valence-corrected chi connectivity index (χ0v) is 10.8. The topological polar surface area (TPSA) is 98.5 Å². The first-order valence-electron chi connectivity index (χ1n) is 5.51. The molecule has 19 heavy (non-hydrogen) atoms. The molecule has 0 bridgehead atoms. The summed E-state index contributed by atoms with van der Waals surface area (Å²) in [5, 5.41) is 13.8. The fourth-order valence-corrected chi connectivity index (χ4v) is 1.47. The molecule has 0 aliphatic heterocycles. The fraction of sp³-hybridized carbons (Fsp3) is 0.333. The van der Waals surface area contributed by atoms with E-state index in [9.17, 15) is 19.7 Å². The number of nitrogens with one attached hydrogen (secondary N) is 1. The van der Waals surface area contributed by atoms with E-state index in [1.165, 1.54) is 25.1 Å². The molecule has 7 heteroatoms. The average Bonchev–Trinajstić information content (AvgIpc) is 2.36. The molecule has 0 aromatic heterocycles. The summed E-state index contributed by atoms with van der Waals surface area (Å²) in [5.74, 6) is -0.969. The first-order valence-corrected chi connectivity index (χ1v) is 5.51. The molecule has 1 N–H and O–H groups in total. The van der Waals surface area contributed by atoms with Crippen LogP contribution in [0.4, 0.5) is 11.4 Å². The number of anilines is 1. The van der Waals surface area contributed by atoms with Crippen molar-refractivity contribution in [2.24, 2.45) is 0 Å². The number of hydrogen-bond donors (Lipinski definition) is 1. The van der Waals surface area contributed by atoms with E-state index in [4.69, 9.17) is 0 Å². The largest absolute Gasteiger partial charge is 0.465 e. The van der Waals surface area contributed by atoms with E-state index >= 15 is 0 Å². The highest BCUT2D eigenvalue weighted by Gasteiger charge is 2.26. The van der Waals surface area contributed by atoms with Crippen LogP contribution in [0.2, 0.25) is 0 Å². The molecule has 0 aliphatic rings. The van der Waals surface area contributed by atoms with Gasteiger partial charge in [0.1, 0.15) is 11.3 Å².